The summed E-state index contributed by atoms with van der Waals surface area (Å²) in [5.41, 5.74) is 1.12. The monoisotopic (exact) mass is 561 g/mol. The smallest absolute Gasteiger partial charge is 0.387 e. The van der Waals surface area contributed by atoms with Gasteiger partial charge in [0.15, 0.2) is 0 Å². The van der Waals surface area contributed by atoms with E-state index in [1.165, 1.54) is 26.2 Å². The van der Waals surface area contributed by atoms with Crippen LogP contribution >= 0.6 is 0 Å². The number of amides is 1. The number of nitrogens with one attached hydrogen (secondary N) is 3. The van der Waals surface area contributed by atoms with E-state index in [2.05, 4.69) is 26.0 Å². The fourth-order valence-corrected chi connectivity index (χ4v) is 4.60. The molecule has 0 aliphatic heterocycles. The third kappa shape index (κ3) is 7.25. The van der Waals surface area contributed by atoms with Crippen LogP contribution in [-0.2, 0) is 0 Å². The number of aliphatic hydroxyl groups is 1. The van der Waals surface area contributed by atoms with Crippen molar-refractivity contribution in [3.8, 4) is 17.5 Å². The minimum atomic E-state index is -4.28. The number of carbonyl (C=O) groups excluding carboxylic acids is 1. The molecule has 1 unspecified atom stereocenters. The van der Waals surface area contributed by atoms with Gasteiger partial charge in [-0.05, 0) is 63.8 Å². The third-order valence-corrected chi connectivity index (χ3v) is 6.93. The lowest BCUT2D eigenvalue weighted by Crippen LogP contribution is -2.42. The number of aromatic nitrogens is 3. The van der Waals surface area contributed by atoms with Crippen LogP contribution in [0.4, 0.5) is 23.2 Å². The molecular weight excluding hydrogens is 530 g/mol. The van der Waals surface area contributed by atoms with Gasteiger partial charge in [-0.25, -0.2) is 8.91 Å². The molecule has 13 heteroatoms. The van der Waals surface area contributed by atoms with Crippen molar-refractivity contribution in [1.82, 2.24) is 25.2 Å². The molecule has 4 N–H and O–H groups in total. The molecule has 3 heterocycles. The Morgan fingerprint density at radius 2 is 1.88 bits per heavy atom. The van der Waals surface area contributed by atoms with Crippen molar-refractivity contribution in [3.63, 3.8) is 0 Å². The van der Waals surface area contributed by atoms with Gasteiger partial charge < -0.3 is 21.1 Å². The van der Waals surface area contributed by atoms with Crippen LogP contribution in [0.2, 0.25) is 0 Å². The topological polar surface area (TPSA) is 127 Å². The van der Waals surface area contributed by atoms with Gasteiger partial charge in [-0.3, -0.25) is 9.78 Å². The van der Waals surface area contributed by atoms with E-state index in [1.807, 2.05) is 6.07 Å². The summed E-state index contributed by atoms with van der Waals surface area (Å²) in [7, 11) is 0. The highest BCUT2D eigenvalue weighted by Gasteiger charge is 2.30. The molecule has 0 bridgehead atoms. The molecule has 40 heavy (non-hydrogen) atoms. The van der Waals surface area contributed by atoms with E-state index in [1.54, 1.807) is 28.8 Å². The molecule has 3 aromatic rings. The van der Waals surface area contributed by atoms with E-state index in [0.29, 0.717) is 53.8 Å². The molecule has 1 aliphatic rings. The maximum Gasteiger partial charge on any atom is 0.401 e. The Kier molecular flexibility index (Phi) is 8.60. The first kappa shape index (κ1) is 29.2. The van der Waals surface area contributed by atoms with Crippen LogP contribution in [0, 0.1) is 11.3 Å². The van der Waals surface area contributed by atoms with Crippen molar-refractivity contribution in [2.75, 3.05) is 18.4 Å². The Morgan fingerprint density at radius 3 is 2.52 bits per heavy atom. The number of pyridine rings is 1. The van der Waals surface area contributed by atoms with Gasteiger partial charge >= 0.3 is 6.18 Å². The Hall–Kier alpha value is -3.76. The quantitative estimate of drug-likeness (QED) is 0.291. The molecule has 4 rings (SSSR count). The second kappa shape index (κ2) is 11.8. The van der Waals surface area contributed by atoms with Gasteiger partial charge in [0.25, 0.3) is 5.91 Å². The zero-order valence-electron chi connectivity index (χ0n) is 22.1. The van der Waals surface area contributed by atoms with E-state index in [9.17, 15) is 27.5 Å². The van der Waals surface area contributed by atoms with Crippen molar-refractivity contribution >= 4 is 17.1 Å². The molecule has 1 fully saturated rings. The fraction of sp³-hybridized carbons (Fsp3) is 0.481. The van der Waals surface area contributed by atoms with Crippen molar-refractivity contribution in [2.45, 2.75) is 69.6 Å². The lowest BCUT2D eigenvalue weighted by Gasteiger charge is -2.31. The number of nitriles is 1. The van der Waals surface area contributed by atoms with Crippen LogP contribution in [0.5, 0.6) is 0 Å². The first-order valence-corrected chi connectivity index (χ1v) is 12.9. The van der Waals surface area contributed by atoms with Crippen molar-refractivity contribution in [3.05, 3.63) is 47.8 Å². The molecule has 1 amide bonds. The standard InChI is InChI=1S/C27H31F4N7O2/c1-26(2,40)24(28)14-34-25(39)20-13-33-22(23-8-7-19-9-16(11-32)12-36-38(19)23)10-21(20)37-18-5-3-17(4-6-18)35-15-27(29,30)31/h7-10,12-13,17-18,24,35,40H,3-6,14-15H2,1-2H3,(H,33,37)(H,34,39). The van der Waals surface area contributed by atoms with Crippen LogP contribution in [0.15, 0.2) is 36.7 Å². The van der Waals surface area contributed by atoms with Gasteiger partial charge in [0.05, 0.1) is 58.6 Å². The lowest BCUT2D eigenvalue weighted by molar-refractivity contribution is -0.126. The van der Waals surface area contributed by atoms with Crippen LogP contribution < -0.4 is 16.0 Å². The molecule has 1 aliphatic carbocycles. The van der Waals surface area contributed by atoms with E-state index < -0.39 is 36.9 Å². The summed E-state index contributed by atoms with van der Waals surface area (Å²) in [5.74, 6) is -0.592. The number of anilines is 1. The summed E-state index contributed by atoms with van der Waals surface area (Å²) >= 11 is 0. The van der Waals surface area contributed by atoms with E-state index in [4.69, 9.17) is 5.26 Å². The predicted octanol–water partition coefficient (Wildman–Crippen LogP) is 3.98. The minimum Gasteiger partial charge on any atom is -0.387 e. The summed E-state index contributed by atoms with van der Waals surface area (Å²) in [4.78, 5) is 17.5. The van der Waals surface area contributed by atoms with E-state index in [0.717, 1.165) is 0 Å². The number of carbonyl (C=O) groups is 1. The highest BCUT2D eigenvalue weighted by atomic mass is 19.4. The summed E-state index contributed by atoms with van der Waals surface area (Å²) in [6.07, 6.45) is -0.979. The summed E-state index contributed by atoms with van der Waals surface area (Å²) in [6.45, 7) is 1.17. The summed E-state index contributed by atoms with van der Waals surface area (Å²) in [6, 6.07) is 8.59. The molecule has 1 atom stereocenters. The van der Waals surface area contributed by atoms with Gasteiger partial charge in [-0.1, -0.05) is 0 Å². The first-order valence-electron chi connectivity index (χ1n) is 12.9. The number of rotatable bonds is 9. The highest BCUT2D eigenvalue weighted by Crippen LogP contribution is 2.29. The average Bonchev–Trinajstić information content (AvgIpc) is 3.33. The SMILES string of the molecule is CC(C)(O)C(F)CNC(=O)c1cnc(-c2ccc3cc(C#N)cnn23)cc1NC1CCC(NCC(F)(F)F)CC1. The lowest BCUT2D eigenvalue weighted by atomic mass is 9.90. The predicted molar refractivity (Wildman–Crippen MR) is 140 cm³/mol. The number of halogens is 4. The number of alkyl halides is 4. The number of nitrogens with zero attached hydrogens (tertiary/aromatic N) is 4. The van der Waals surface area contributed by atoms with Crippen LogP contribution in [0.3, 0.4) is 0 Å². The van der Waals surface area contributed by atoms with Gasteiger partial charge in [0.1, 0.15) is 12.2 Å². The van der Waals surface area contributed by atoms with Gasteiger partial charge in [0, 0.05) is 18.3 Å². The Labute approximate surface area is 228 Å². The van der Waals surface area contributed by atoms with Gasteiger partial charge in [-0.2, -0.15) is 23.5 Å². The average molecular weight is 562 g/mol. The number of hydrogen-bond donors (Lipinski definition) is 4. The molecule has 214 valence electrons. The van der Waals surface area contributed by atoms with Crippen molar-refractivity contribution in [2.24, 2.45) is 0 Å². The van der Waals surface area contributed by atoms with E-state index >= 15 is 0 Å². The molecule has 0 radical (unpaired) electrons. The van der Waals surface area contributed by atoms with Gasteiger partial charge in [-0.15, -0.1) is 0 Å². The molecule has 1 saturated carbocycles. The molecule has 3 aromatic heterocycles. The Bertz CT molecular complexity index is 1390. The zero-order chi connectivity index (χ0) is 29.1. The zero-order valence-corrected chi connectivity index (χ0v) is 22.1. The number of hydrogen-bond acceptors (Lipinski definition) is 7. The van der Waals surface area contributed by atoms with Crippen LogP contribution in [-0.4, -0.2) is 68.7 Å². The molecule has 9 nitrogen and oxygen atoms in total. The highest BCUT2D eigenvalue weighted by molar-refractivity contribution is 6.00. The fourth-order valence-electron chi connectivity index (χ4n) is 4.60. The molecular formula is C27H31F4N7O2. The minimum absolute atomic E-state index is 0.114. The second-order valence-corrected chi connectivity index (χ2v) is 10.5. The van der Waals surface area contributed by atoms with Crippen LogP contribution in [0.25, 0.3) is 16.9 Å². The van der Waals surface area contributed by atoms with Crippen LogP contribution in [0.1, 0.15) is 55.5 Å². The van der Waals surface area contributed by atoms with Gasteiger partial charge in [0.2, 0.25) is 0 Å². The normalized spacial score (nSPS) is 18.8. The second-order valence-electron chi connectivity index (χ2n) is 10.5. The van der Waals surface area contributed by atoms with Crippen molar-refractivity contribution in [1.29, 1.82) is 5.26 Å². The first-order chi connectivity index (χ1) is 18.8. The van der Waals surface area contributed by atoms with Crippen molar-refractivity contribution < 1.29 is 27.5 Å². The maximum absolute atomic E-state index is 14.3. The maximum atomic E-state index is 14.3. The largest absolute Gasteiger partial charge is 0.401 e. The Balaban J connectivity index is 1.57. The Morgan fingerprint density at radius 1 is 1.18 bits per heavy atom. The third-order valence-electron chi connectivity index (χ3n) is 6.93. The number of fused-ring (bicyclic) bond motifs is 1. The van der Waals surface area contributed by atoms with E-state index in [-0.39, 0.29) is 17.6 Å². The molecule has 0 saturated heterocycles. The summed E-state index contributed by atoms with van der Waals surface area (Å²) in [5, 5.41) is 31.7. The molecule has 0 spiro atoms. The summed E-state index contributed by atoms with van der Waals surface area (Å²) < 4.78 is 53.7. The molecule has 0 aromatic carbocycles.